The van der Waals surface area contributed by atoms with Gasteiger partial charge in [0.05, 0.1) is 19.5 Å². The summed E-state index contributed by atoms with van der Waals surface area (Å²) in [6.07, 6.45) is 4.71. The molecule has 5 rings (SSSR count). The number of amides is 1. The number of hydrogen-bond acceptors (Lipinski definition) is 8. The van der Waals surface area contributed by atoms with Crippen LogP contribution in [-0.2, 0) is 10.3 Å². The number of methoxy groups -OCH3 is 1. The lowest BCUT2D eigenvalue weighted by molar-refractivity contribution is -0.0477. The highest BCUT2D eigenvalue weighted by molar-refractivity contribution is 6.02. The van der Waals surface area contributed by atoms with Gasteiger partial charge in [-0.25, -0.2) is 15.0 Å². The molecular formula is C21H23N5O4. The van der Waals surface area contributed by atoms with E-state index in [9.17, 15) is 4.79 Å². The van der Waals surface area contributed by atoms with E-state index in [1.54, 1.807) is 6.07 Å². The van der Waals surface area contributed by atoms with Crippen molar-refractivity contribution >= 4 is 17.6 Å². The molecule has 2 aliphatic heterocycles. The van der Waals surface area contributed by atoms with E-state index in [1.165, 1.54) is 19.5 Å². The Bertz CT molecular complexity index is 1060. The second-order valence-electron chi connectivity index (χ2n) is 8.40. The number of anilines is 1. The summed E-state index contributed by atoms with van der Waals surface area (Å²) in [5.74, 6) is 0.693. The third-order valence-electron chi connectivity index (χ3n) is 6.54. The zero-order valence-corrected chi connectivity index (χ0v) is 17.1. The largest absolute Gasteiger partial charge is 0.487 e. The van der Waals surface area contributed by atoms with Crippen molar-refractivity contribution in [2.45, 2.75) is 37.8 Å². The Balaban J connectivity index is 1.51. The van der Waals surface area contributed by atoms with Gasteiger partial charge in [0.15, 0.2) is 0 Å². The minimum atomic E-state index is -0.630. The molecule has 9 nitrogen and oxygen atoms in total. The number of rotatable bonds is 3. The van der Waals surface area contributed by atoms with Gasteiger partial charge >= 0.3 is 0 Å². The highest BCUT2D eigenvalue weighted by Gasteiger charge is 2.73. The van der Waals surface area contributed by atoms with Crippen molar-refractivity contribution in [1.29, 1.82) is 0 Å². The van der Waals surface area contributed by atoms with Crippen LogP contribution in [-0.4, -0.2) is 41.2 Å². The molecule has 30 heavy (non-hydrogen) atoms. The topological polar surface area (TPSA) is 121 Å². The average molecular weight is 409 g/mol. The number of nitrogens with zero attached hydrogens (tertiary/aromatic N) is 3. The molecule has 1 unspecified atom stereocenters. The minimum absolute atomic E-state index is 0.186. The number of hydrogen-bond donors (Lipinski definition) is 2. The Hall–Kier alpha value is -3.36. The summed E-state index contributed by atoms with van der Waals surface area (Å²) < 4.78 is 17.0. The number of carbonyl (C=O) groups is 1. The third kappa shape index (κ3) is 2.47. The molecule has 156 valence electrons. The molecule has 1 saturated carbocycles. The predicted molar refractivity (Wildman–Crippen MR) is 109 cm³/mol. The summed E-state index contributed by atoms with van der Waals surface area (Å²) >= 11 is 0. The van der Waals surface area contributed by atoms with E-state index in [-0.39, 0.29) is 23.0 Å². The normalized spacial score (nSPS) is 24.4. The molecule has 2 spiro atoms. The number of benzene rings is 1. The monoisotopic (exact) mass is 409 g/mol. The Morgan fingerprint density at radius 1 is 1.23 bits per heavy atom. The van der Waals surface area contributed by atoms with Crippen LogP contribution in [0.5, 0.6) is 11.6 Å². The van der Waals surface area contributed by atoms with Gasteiger partial charge in [0.1, 0.15) is 29.2 Å². The van der Waals surface area contributed by atoms with Gasteiger partial charge in [-0.15, -0.1) is 0 Å². The van der Waals surface area contributed by atoms with E-state index in [1.807, 2.05) is 12.1 Å². The summed E-state index contributed by atoms with van der Waals surface area (Å²) in [5.41, 5.74) is 6.37. The Morgan fingerprint density at radius 3 is 2.63 bits per heavy atom. The van der Waals surface area contributed by atoms with Gasteiger partial charge < -0.3 is 25.3 Å². The van der Waals surface area contributed by atoms with Gasteiger partial charge in [-0.2, -0.15) is 0 Å². The molecule has 1 fully saturated rings. The number of nitrogens with two attached hydrogens (primary N) is 1. The Morgan fingerprint density at radius 2 is 2.03 bits per heavy atom. The van der Waals surface area contributed by atoms with E-state index in [0.29, 0.717) is 18.2 Å². The first-order chi connectivity index (χ1) is 14.3. The smallest absolute Gasteiger partial charge is 0.283 e. The van der Waals surface area contributed by atoms with Gasteiger partial charge in [0, 0.05) is 16.7 Å². The molecule has 9 heteroatoms. The van der Waals surface area contributed by atoms with E-state index < -0.39 is 11.1 Å². The summed E-state index contributed by atoms with van der Waals surface area (Å²) in [6.45, 7) is 4.54. The van der Waals surface area contributed by atoms with Crippen molar-refractivity contribution in [1.82, 2.24) is 9.97 Å². The maximum atomic E-state index is 12.6. The average Bonchev–Trinajstić information content (AvgIpc) is 3.46. The van der Waals surface area contributed by atoms with Gasteiger partial charge in [-0.05, 0) is 44.9 Å². The number of amidine groups is 1. The fraction of sp³-hybridized carbons (Fsp3) is 0.429. The van der Waals surface area contributed by atoms with Crippen molar-refractivity contribution in [2.24, 2.45) is 16.1 Å². The fourth-order valence-corrected chi connectivity index (χ4v) is 4.84. The van der Waals surface area contributed by atoms with Crippen LogP contribution in [0.25, 0.3) is 0 Å². The van der Waals surface area contributed by atoms with Crippen LogP contribution >= 0.6 is 0 Å². The van der Waals surface area contributed by atoms with Crippen molar-refractivity contribution in [3.05, 3.63) is 41.9 Å². The molecule has 3 N–H and O–H groups in total. The molecular weight excluding hydrogens is 386 g/mol. The number of aliphatic imine (C=N–C) groups is 1. The lowest BCUT2D eigenvalue weighted by Crippen LogP contribution is -2.55. The molecule has 1 aromatic carbocycles. The number of ether oxygens (including phenoxy) is 3. The highest BCUT2D eigenvalue weighted by atomic mass is 16.5. The van der Waals surface area contributed by atoms with Gasteiger partial charge in [0.2, 0.25) is 5.88 Å². The van der Waals surface area contributed by atoms with Crippen LogP contribution in [0.15, 0.2) is 35.6 Å². The second kappa shape index (κ2) is 6.07. The Labute approximate surface area is 173 Å². The third-order valence-corrected chi connectivity index (χ3v) is 6.54. The molecule has 3 aliphatic rings. The first kappa shape index (κ1) is 18.7. The quantitative estimate of drug-likeness (QED) is 0.797. The zero-order chi connectivity index (χ0) is 21.1. The molecule has 2 aromatic rings. The number of fused-ring (bicyclic) bond motifs is 3. The fourth-order valence-electron chi connectivity index (χ4n) is 4.84. The van der Waals surface area contributed by atoms with Crippen LogP contribution < -0.4 is 20.5 Å². The molecule has 0 radical (unpaired) electrons. The first-order valence-electron chi connectivity index (χ1n) is 9.79. The molecule has 0 bridgehead atoms. The molecule has 1 atom stereocenters. The van der Waals surface area contributed by atoms with Crippen LogP contribution in [0.3, 0.4) is 0 Å². The van der Waals surface area contributed by atoms with Crippen LogP contribution in [0.1, 0.15) is 42.7 Å². The van der Waals surface area contributed by atoms with Crippen molar-refractivity contribution < 1.29 is 19.0 Å². The SMILES string of the molecule is COc1cnc(C(=O)Nc2ccc3c(c2)C2(COC(N)=N2)C2(CC2)C(C)(C)O3)cn1. The maximum Gasteiger partial charge on any atom is 0.283 e. The van der Waals surface area contributed by atoms with E-state index in [0.717, 1.165) is 24.2 Å². The van der Waals surface area contributed by atoms with Crippen LogP contribution in [0.2, 0.25) is 0 Å². The Kier molecular flexibility index (Phi) is 3.77. The zero-order valence-electron chi connectivity index (χ0n) is 17.1. The lowest BCUT2D eigenvalue weighted by atomic mass is 9.66. The summed E-state index contributed by atoms with van der Waals surface area (Å²) in [4.78, 5) is 25.5. The maximum absolute atomic E-state index is 12.6. The molecule has 1 aliphatic carbocycles. The number of nitrogens with one attached hydrogen (secondary N) is 1. The van der Waals surface area contributed by atoms with Crippen LogP contribution in [0.4, 0.5) is 5.69 Å². The molecule has 1 amide bonds. The second-order valence-corrected chi connectivity index (χ2v) is 8.40. The standard InChI is InChI=1S/C21H23N5O4/c1-19(2)20(6-7-20)21(11-29-18(22)26-21)13-8-12(4-5-15(13)30-19)25-17(27)14-9-24-16(28-3)10-23-14/h4-5,8-10H,6-7,11H2,1-3H3,(H2,22,26)(H,25,27). The van der Waals surface area contributed by atoms with Gasteiger partial charge in [0.25, 0.3) is 11.9 Å². The van der Waals surface area contributed by atoms with Crippen molar-refractivity contribution in [2.75, 3.05) is 19.0 Å². The van der Waals surface area contributed by atoms with E-state index in [4.69, 9.17) is 24.9 Å². The summed E-state index contributed by atoms with van der Waals surface area (Å²) in [7, 11) is 1.49. The van der Waals surface area contributed by atoms with Crippen LogP contribution in [0, 0.1) is 5.41 Å². The summed E-state index contributed by atoms with van der Waals surface area (Å²) in [6, 6.07) is 5.73. The number of carbonyl (C=O) groups excluding carboxylic acids is 1. The molecule has 3 heterocycles. The van der Waals surface area contributed by atoms with Crippen molar-refractivity contribution in [3.8, 4) is 11.6 Å². The van der Waals surface area contributed by atoms with Gasteiger partial charge in [-0.1, -0.05) is 0 Å². The van der Waals surface area contributed by atoms with Crippen molar-refractivity contribution in [3.63, 3.8) is 0 Å². The predicted octanol–water partition coefficient (Wildman–Crippen LogP) is 2.23. The first-order valence-corrected chi connectivity index (χ1v) is 9.79. The molecule has 1 aromatic heterocycles. The van der Waals surface area contributed by atoms with E-state index >= 15 is 0 Å². The minimum Gasteiger partial charge on any atom is -0.487 e. The summed E-state index contributed by atoms with van der Waals surface area (Å²) in [5, 5.41) is 2.87. The molecule has 0 saturated heterocycles. The lowest BCUT2D eigenvalue weighted by Gasteiger charge is -2.49. The van der Waals surface area contributed by atoms with E-state index in [2.05, 4.69) is 29.1 Å². The van der Waals surface area contributed by atoms with Gasteiger partial charge in [-0.3, -0.25) is 4.79 Å². The number of aromatic nitrogens is 2. The highest BCUT2D eigenvalue weighted by Crippen LogP contribution is 2.71.